The van der Waals surface area contributed by atoms with E-state index >= 15 is 0 Å². The van der Waals surface area contributed by atoms with Gasteiger partial charge in [-0.15, -0.1) is 0 Å². The molecule has 1 fully saturated rings. The normalized spacial score (nSPS) is 15.0. The van der Waals surface area contributed by atoms with Gasteiger partial charge in [-0.05, 0) is 46.9 Å². The summed E-state index contributed by atoms with van der Waals surface area (Å²) in [7, 11) is 0. The SMILES string of the molecule is Clc1cc(I)c(Nc2cccc(N3CCNCC3)n2)cc1Cl. The van der Waals surface area contributed by atoms with Crippen LogP contribution in [0.25, 0.3) is 0 Å². The number of aromatic nitrogens is 1. The Morgan fingerprint density at radius 1 is 1.14 bits per heavy atom. The number of hydrogen-bond acceptors (Lipinski definition) is 4. The second kappa shape index (κ2) is 7.21. The largest absolute Gasteiger partial charge is 0.354 e. The number of nitrogens with zero attached hydrogens (tertiary/aromatic N) is 2. The van der Waals surface area contributed by atoms with Crippen LogP contribution in [0.2, 0.25) is 10.0 Å². The molecule has 1 aromatic carbocycles. The van der Waals surface area contributed by atoms with Gasteiger partial charge in [0.2, 0.25) is 0 Å². The fourth-order valence-electron chi connectivity index (χ4n) is 2.32. The van der Waals surface area contributed by atoms with Crippen molar-refractivity contribution in [3.8, 4) is 0 Å². The minimum Gasteiger partial charge on any atom is -0.354 e. The Morgan fingerprint density at radius 2 is 1.86 bits per heavy atom. The molecule has 0 atom stereocenters. The molecule has 1 aliphatic rings. The van der Waals surface area contributed by atoms with Crippen molar-refractivity contribution in [3.63, 3.8) is 0 Å². The lowest BCUT2D eigenvalue weighted by Crippen LogP contribution is -2.43. The van der Waals surface area contributed by atoms with Gasteiger partial charge in [0.1, 0.15) is 11.6 Å². The first kappa shape index (κ1) is 16.1. The van der Waals surface area contributed by atoms with Crippen LogP contribution < -0.4 is 15.5 Å². The third-order valence-electron chi connectivity index (χ3n) is 3.45. The minimum absolute atomic E-state index is 0.530. The summed E-state index contributed by atoms with van der Waals surface area (Å²) in [6.07, 6.45) is 0. The van der Waals surface area contributed by atoms with Gasteiger partial charge in [-0.2, -0.15) is 0 Å². The van der Waals surface area contributed by atoms with Crippen molar-refractivity contribution in [1.29, 1.82) is 0 Å². The summed E-state index contributed by atoms with van der Waals surface area (Å²) < 4.78 is 1.00. The molecule has 1 aromatic heterocycles. The third kappa shape index (κ3) is 3.76. The molecule has 0 amide bonds. The smallest absolute Gasteiger partial charge is 0.132 e. The van der Waals surface area contributed by atoms with E-state index in [1.807, 2.05) is 30.3 Å². The second-order valence-electron chi connectivity index (χ2n) is 4.99. The minimum atomic E-state index is 0.530. The van der Waals surface area contributed by atoms with Crippen molar-refractivity contribution in [2.24, 2.45) is 0 Å². The first-order valence-corrected chi connectivity index (χ1v) is 8.81. The first-order chi connectivity index (χ1) is 10.6. The third-order valence-corrected chi connectivity index (χ3v) is 5.06. The Morgan fingerprint density at radius 3 is 2.64 bits per heavy atom. The summed E-state index contributed by atoms with van der Waals surface area (Å²) in [6, 6.07) is 9.66. The van der Waals surface area contributed by atoms with E-state index in [0.29, 0.717) is 10.0 Å². The average molecular weight is 449 g/mol. The van der Waals surface area contributed by atoms with Crippen LogP contribution >= 0.6 is 45.8 Å². The number of anilines is 3. The van der Waals surface area contributed by atoms with Gasteiger partial charge in [0.15, 0.2) is 0 Å². The summed E-state index contributed by atoms with van der Waals surface area (Å²) in [6.45, 7) is 3.93. The standard InChI is InChI=1S/C15H15Cl2IN4/c16-10-8-12(18)13(9-11(10)17)20-14-2-1-3-15(21-14)22-6-4-19-5-7-22/h1-3,8-9,19H,4-7H2,(H,20,21). The van der Waals surface area contributed by atoms with E-state index in [1.165, 1.54) is 0 Å². The topological polar surface area (TPSA) is 40.2 Å². The number of benzene rings is 1. The molecule has 0 saturated carbocycles. The molecule has 0 unspecified atom stereocenters. The van der Waals surface area contributed by atoms with Crippen LogP contribution in [0.5, 0.6) is 0 Å². The summed E-state index contributed by atoms with van der Waals surface area (Å²) in [5.41, 5.74) is 0.903. The van der Waals surface area contributed by atoms with Gasteiger partial charge < -0.3 is 15.5 Å². The zero-order valence-electron chi connectivity index (χ0n) is 11.7. The van der Waals surface area contributed by atoms with E-state index < -0.39 is 0 Å². The molecule has 116 valence electrons. The zero-order valence-corrected chi connectivity index (χ0v) is 15.4. The van der Waals surface area contributed by atoms with E-state index in [4.69, 9.17) is 28.2 Å². The molecular weight excluding hydrogens is 434 g/mol. The highest BCUT2D eigenvalue weighted by atomic mass is 127. The van der Waals surface area contributed by atoms with Crippen molar-refractivity contribution in [1.82, 2.24) is 10.3 Å². The Bertz CT molecular complexity index is 675. The first-order valence-electron chi connectivity index (χ1n) is 6.98. The molecular formula is C15H15Cl2IN4. The van der Waals surface area contributed by atoms with Gasteiger partial charge in [0.05, 0.1) is 15.7 Å². The number of rotatable bonds is 3. The summed E-state index contributed by atoms with van der Waals surface area (Å²) >= 11 is 14.3. The predicted molar refractivity (Wildman–Crippen MR) is 102 cm³/mol. The molecule has 2 N–H and O–H groups in total. The van der Waals surface area contributed by atoms with Crippen molar-refractivity contribution in [2.75, 3.05) is 36.4 Å². The van der Waals surface area contributed by atoms with E-state index in [1.54, 1.807) is 0 Å². The highest BCUT2D eigenvalue weighted by Gasteiger charge is 2.12. The average Bonchev–Trinajstić information content (AvgIpc) is 2.54. The van der Waals surface area contributed by atoms with Gasteiger partial charge >= 0.3 is 0 Å². The van der Waals surface area contributed by atoms with Gasteiger partial charge in [0, 0.05) is 29.7 Å². The van der Waals surface area contributed by atoms with Gasteiger partial charge in [-0.3, -0.25) is 0 Å². The fraction of sp³-hybridized carbons (Fsp3) is 0.267. The number of nitrogens with one attached hydrogen (secondary N) is 2. The molecule has 1 saturated heterocycles. The van der Waals surface area contributed by atoms with Crippen molar-refractivity contribution in [2.45, 2.75) is 0 Å². The Balaban J connectivity index is 1.82. The van der Waals surface area contributed by atoms with Crippen LogP contribution in [0.15, 0.2) is 30.3 Å². The van der Waals surface area contributed by atoms with E-state index in [-0.39, 0.29) is 0 Å². The Hall–Kier alpha value is -0.760. The summed E-state index contributed by atoms with van der Waals surface area (Å²) in [5, 5.41) is 7.75. The number of pyridine rings is 1. The number of halogens is 3. The maximum absolute atomic E-state index is 6.09. The molecule has 22 heavy (non-hydrogen) atoms. The van der Waals surface area contributed by atoms with Crippen LogP contribution in [0.4, 0.5) is 17.3 Å². The second-order valence-corrected chi connectivity index (χ2v) is 6.97. The molecule has 7 heteroatoms. The van der Waals surface area contributed by atoms with E-state index in [2.05, 4.69) is 38.1 Å². The lowest BCUT2D eigenvalue weighted by molar-refractivity contribution is 0.585. The summed E-state index contributed by atoms with van der Waals surface area (Å²) in [5.74, 6) is 1.79. The van der Waals surface area contributed by atoms with Crippen molar-refractivity contribution >= 4 is 63.1 Å². The van der Waals surface area contributed by atoms with Crippen molar-refractivity contribution < 1.29 is 0 Å². The zero-order chi connectivity index (χ0) is 15.5. The quantitative estimate of drug-likeness (QED) is 0.546. The number of piperazine rings is 1. The molecule has 0 spiro atoms. The van der Waals surface area contributed by atoms with Crippen LogP contribution in [0, 0.1) is 3.57 Å². The number of hydrogen-bond donors (Lipinski definition) is 2. The fourth-order valence-corrected chi connectivity index (χ4v) is 3.43. The molecule has 0 radical (unpaired) electrons. The lowest BCUT2D eigenvalue weighted by atomic mass is 10.3. The van der Waals surface area contributed by atoms with Gasteiger partial charge in [-0.1, -0.05) is 29.3 Å². The Kier molecular flexibility index (Phi) is 5.28. The van der Waals surface area contributed by atoms with E-state index in [0.717, 1.165) is 47.1 Å². The van der Waals surface area contributed by atoms with Crippen LogP contribution in [0.1, 0.15) is 0 Å². The molecule has 2 heterocycles. The monoisotopic (exact) mass is 448 g/mol. The highest BCUT2D eigenvalue weighted by molar-refractivity contribution is 14.1. The van der Waals surface area contributed by atoms with E-state index in [9.17, 15) is 0 Å². The highest BCUT2D eigenvalue weighted by Crippen LogP contribution is 2.31. The maximum atomic E-state index is 6.09. The molecule has 3 rings (SSSR count). The molecule has 1 aliphatic heterocycles. The van der Waals surface area contributed by atoms with Crippen LogP contribution in [-0.2, 0) is 0 Å². The predicted octanol–water partition coefficient (Wildman–Crippen LogP) is 4.15. The molecule has 4 nitrogen and oxygen atoms in total. The molecule has 0 aliphatic carbocycles. The van der Waals surface area contributed by atoms with Gasteiger partial charge in [0.25, 0.3) is 0 Å². The van der Waals surface area contributed by atoms with Gasteiger partial charge in [-0.25, -0.2) is 4.98 Å². The van der Waals surface area contributed by atoms with Crippen LogP contribution in [-0.4, -0.2) is 31.2 Å². The molecule has 0 bridgehead atoms. The molecule has 2 aromatic rings. The maximum Gasteiger partial charge on any atom is 0.132 e. The van der Waals surface area contributed by atoms with Crippen molar-refractivity contribution in [3.05, 3.63) is 43.9 Å². The summed E-state index contributed by atoms with van der Waals surface area (Å²) in [4.78, 5) is 6.97. The Labute approximate surface area is 153 Å². The lowest BCUT2D eigenvalue weighted by Gasteiger charge is -2.28. The van der Waals surface area contributed by atoms with Crippen LogP contribution in [0.3, 0.4) is 0 Å².